The van der Waals surface area contributed by atoms with E-state index in [0.29, 0.717) is 5.69 Å². The van der Waals surface area contributed by atoms with Crippen LogP contribution in [0.4, 0.5) is 15.8 Å². The largest absolute Gasteiger partial charge is 0.399 e. The summed E-state index contributed by atoms with van der Waals surface area (Å²) in [6.07, 6.45) is 0. The number of rotatable bonds is 4. The first-order chi connectivity index (χ1) is 8.63. The highest BCUT2D eigenvalue weighted by Crippen LogP contribution is 2.15. The number of hydrogen-bond donors (Lipinski definition) is 2. The van der Waals surface area contributed by atoms with Crippen LogP contribution in [0.25, 0.3) is 0 Å². The van der Waals surface area contributed by atoms with Crippen molar-refractivity contribution in [2.45, 2.75) is 0 Å². The maximum absolute atomic E-state index is 13.1. The van der Waals surface area contributed by atoms with Crippen LogP contribution in [-0.2, 0) is 0 Å². The fraction of sp³-hybridized carbons (Fsp3) is 0.538. The molecule has 3 N–H and O–H groups in total. The lowest BCUT2D eigenvalue weighted by molar-refractivity contribution is 0.158. The summed E-state index contributed by atoms with van der Waals surface area (Å²) in [7, 11) is 2.14. The molecule has 0 spiro atoms. The molecule has 0 unspecified atom stereocenters. The SMILES string of the molecule is CN1CCN(CCNc2cc(N)cc(F)c2)CC1. The van der Waals surface area contributed by atoms with Crippen molar-refractivity contribution < 1.29 is 4.39 Å². The van der Waals surface area contributed by atoms with Gasteiger partial charge in [0, 0.05) is 50.6 Å². The van der Waals surface area contributed by atoms with Gasteiger partial charge < -0.3 is 16.0 Å². The summed E-state index contributed by atoms with van der Waals surface area (Å²) < 4.78 is 13.1. The normalized spacial score (nSPS) is 17.9. The van der Waals surface area contributed by atoms with E-state index in [1.54, 1.807) is 6.07 Å². The van der Waals surface area contributed by atoms with Crippen LogP contribution in [0.1, 0.15) is 0 Å². The van der Waals surface area contributed by atoms with Crippen LogP contribution in [0.15, 0.2) is 18.2 Å². The van der Waals surface area contributed by atoms with Crippen LogP contribution in [-0.4, -0.2) is 56.1 Å². The molecular formula is C13H21FN4. The highest BCUT2D eigenvalue weighted by atomic mass is 19.1. The molecule has 1 aliphatic rings. The van der Waals surface area contributed by atoms with Crippen LogP contribution in [0, 0.1) is 5.82 Å². The van der Waals surface area contributed by atoms with Gasteiger partial charge in [-0.1, -0.05) is 0 Å². The van der Waals surface area contributed by atoms with Crippen LogP contribution in [0.5, 0.6) is 0 Å². The molecule has 4 nitrogen and oxygen atoms in total. The first-order valence-corrected chi connectivity index (χ1v) is 6.34. The molecule has 1 aromatic rings. The van der Waals surface area contributed by atoms with Gasteiger partial charge in [0.05, 0.1) is 0 Å². The van der Waals surface area contributed by atoms with Gasteiger partial charge in [-0.05, 0) is 25.2 Å². The van der Waals surface area contributed by atoms with Crippen molar-refractivity contribution in [1.82, 2.24) is 9.80 Å². The maximum Gasteiger partial charge on any atom is 0.127 e. The molecule has 1 aromatic carbocycles. The molecule has 100 valence electrons. The fourth-order valence-corrected chi connectivity index (χ4v) is 2.14. The highest BCUT2D eigenvalue weighted by molar-refractivity contribution is 5.54. The van der Waals surface area contributed by atoms with E-state index in [9.17, 15) is 4.39 Å². The fourth-order valence-electron chi connectivity index (χ4n) is 2.14. The minimum absolute atomic E-state index is 0.294. The Labute approximate surface area is 108 Å². The van der Waals surface area contributed by atoms with E-state index >= 15 is 0 Å². The van der Waals surface area contributed by atoms with Crippen LogP contribution >= 0.6 is 0 Å². The molecule has 1 saturated heterocycles. The molecule has 0 bridgehead atoms. The lowest BCUT2D eigenvalue weighted by Gasteiger charge is -2.32. The Morgan fingerprint density at radius 1 is 1.22 bits per heavy atom. The van der Waals surface area contributed by atoms with Crippen molar-refractivity contribution in [2.24, 2.45) is 0 Å². The van der Waals surface area contributed by atoms with Crippen molar-refractivity contribution >= 4 is 11.4 Å². The van der Waals surface area contributed by atoms with Crippen molar-refractivity contribution in [3.63, 3.8) is 0 Å². The molecule has 0 atom stereocenters. The molecule has 0 aromatic heterocycles. The van der Waals surface area contributed by atoms with Crippen molar-refractivity contribution in [1.29, 1.82) is 0 Å². The molecule has 18 heavy (non-hydrogen) atoms. The average molecular weight is 252 g/mol. The average Bonchev–Trinajstić information content (AvgIpc) is 2.30. The zero-order chi connectivity index (χ0) is 13.0. The summed E-state index contributed by atoms with van der Waals surface area (Å²) in [6, 6.07) is 4.55. The third-order valence-electron chi connectivity index (χ3n) is 3.27. The van der Waals surface area contributed by atoms with E-state index < -0.39 is 0 Å². The molecule has 1 aliphatic heterocycles. The summed E-state index contributed by atoms with van der Waals surface area (Å²) in [6.45, 7) is 6.23. The summed E-state index contributed by atoms with van der Waals surface area (Å²) in [5.74, 6) is -0.294. The highest BCUT2D eigenvalue weighted by Gasteiger charge is 2.12. The molecule has 0 amide bonds. The second-order valence-corrected chi connectivity index (χ2v) is 4.84. The Kier molecular flexibility index (Phi) is 4.38. The van der Waals surface area contributed by atoms with E-state index in [1.807, 2.05) is 0 Å². The van der Waals surface area contributed by atoms with E-state index in [2.05, 4.69) is 22.2 Å². The molecule has 0 saturated carbocycles. The van der Waals surface area contributed by atoms with E-state index in [4.69, 9.17) is 5.73 Å². The number of nitrogens with one attached hydrogen (secondary N) is 1. The smallest absolute Gasteiger partial charge is 0.127 e. The third kappa shape index (κ3) is 3.85. The molecule has 1 heterocycles. The van der Waals surface area contributed by atoms with Gasteiger partial charge in [0.15, 0.2) is 0 Å². The predicted octanol–water partition coefficient (Wildman–Crippen LogP) is 1.07. The van der Waals surface area contributed by atoms with Gasteiger partial charge in [0.2, 0.25) is 0 Å². The van der Waals surface area contributed by atoms with Crippen molar-refractivity contribution in [3.05, 3.63) is 24.0 Å². The van der Waals surface area contributed by atoms with Gasteiger partial charge >= 0.3 is 0 Å². The molecule has 1 fully saturated rings. The number of benzene rings is 1. The van der Waals surface area contributed by atoms with E-state index in [-0.39, 0.29) is 5.82 Å². The van der Waals surface area contributed by atoms with Gasteiger partial charge in [-0.2, -0.15) is 0 Å². The second-order valence-electron chi connectivity index (χ2n) is 4.84. The number of halogens is 1. The molecule has 5 heteroatoms. The van der Waals surface area contributed by atoms with Gasteiger partial charge in [-0.25, -0.2) is 4.39 Å². The molecule has 0 aliphatic carbocycles. The number of piperazine rings is 1. The first-order valence-electron chi connectivity index (χ1n) is 6.34. The zero-order valence-corrected chi connectivity index (χ0v) is 10.8. The number of nitrogens with two attached hydrogens (primary N) is 1. The predicted molar refractivity (Wildman–Crippen MR) is 73.2 cm³/mol. The number of nitrogens with zero attached hydrogens (tertiary/aromatic N) is 2. The Bertz CT molecular complexity index is 368. The van der Waals surface area contributed by atoms with Gasteiger partial charge in [0.25, 0.3) is 0 Å². The molecule has 0 radical (unpaired) electrons. The Balaban J connectivity index is 1.74. The molecular weight excluding hydrogens is 231 g/mol. The van der Waals surface area contributed by atoms with Crippen molar-refractivity contribution in [2.75, 3.05) is 57.4 Å². The van der Waals surface area contributed by atoms with Gasteiger partial charge in [-0.15, -0.1) is 0 Å². The zero-order valence-electron chi connectivity index (χ0n) is 10.8. The summed E-state index contributed by atoms with van der Waals surface area (Å²) >= 11 is 0. The third-order valence-corrected chi connectivity index (χ3v) is 3.27. The Hall–Kier alpha value is -1.33. The summed E-state index contributed by atoms with van der Waals surface area (Å²) in [5.41, 5.74) is 6.80. The standard InChI is InChI=1S/C13H21FN4/c1-17-4-6-18(7-5-17)3-2-16-13-9-11(14)8-12(15)10-13/h8-10,16H,2-7,15H2,1H3. The maximum atomic E-state index is 13.1. The number of likely N-dealkylation sites (N-methyl/N-ethyl adjacent to an activating group) is 1. The minimum Gasteiger partial charge on any atom is -0.399 e. The van der Waals surface area contributed by atoms with Gasteiger partial charge in [0.1, 0.15) is 5.82 Å². The van der Waals surface area contributed by atoms with Crippen molar-refractivity contribution in [3.8, 4) is 0 Å². The van der Waals surface area contributed by atoms with E-state index in [0.717, 1.165) is 45.0 Å². The summed E-state index contributed by atoms with van der Waals surface area (Å²) in [5, 5.41) is 3.21. The van der Waals surface area contributed by atoms with Crippen LogP contribution in [0.2, 0.25) is 0 Å². The Morgan fingerprint density at radius 2 is 1.94 bits per heavy atom. The summed E-state index contributed by atoms with van der Waals surface area (Å²) in [4.78, 5) is 4.74. The van der Waals surface area contributed by atoms with Gasteiger partial charge in [-0.3, -0.25) is 4.90 Å². The molecule has 2 rings (SSSR count). The van der Waals surface area contributed by atoms with Crippen LogP contribution < -0.4 is 11.1 Å². The number of nitrogen functional groups attached to an aromatic ring is 1. The number of anilines is 2. The second kappa shape index (κ2) is 6.02. The minimum atomic E-state index is -0.294. The quantitative estimate of drug-likeness (QED) is 0.787. The monoisotopic (exact) mass is 252 g/mol. The number of hydrogen-bond acceptors (Lipinski definition) is 4. The van der Waals surface area contributed by atoms with Crippen LogP contribution in [0.3, 0.4) is 0 Å². The lowest BCUT2D eigenvalue weighted by Crippen LogP contribution is -2.45. The first kappa shape index (κ1) is 13.1. The lowest BCUT2D eigenvalue weighted by atomic mass is 10.2. The van der Waals surface area contributed by atoms with E-state index in [1.165, 1.54) is 12.1 Å². The topological polar surface area (TPSA) is 44.5 Å². The Morgan fingerprint density at radius 3 is 2.61 bits per heavy atom.